The molecule has 1 fully saturated rings. The smallest absolute Gasteiger partial charge is 0.209 e. The largest absolute Gasteiger partial charge is 0.507 e. The van der Waals surface area contributed by atoms with E-state index in [1.807, 2.05) is 0 Å². The van der Waals surface area contributed by atoms with Crippen LogP contribution in [0.1, 0.15) is 30.6 Å². The van der Waals surface area contributed by atoms with Gasteiger partial charge in [0.05, 0.1) is 6.10 Å². The Morgan fingerprint density at radius 1 is 1.33 bits per heavy atom. The highest BCUT2D eigenvalue weighted by Crippen LogP contribution is 2.49. The predicted molar refractivity (Wildman–Crippen MR) is 71.2 cm³/mol. The molecule has 0 radical (unpaired) electrons. The number of benzene rings is 1. The maximum atomic E-state index is 12.7. The molecule has 0 spiro atoms. The van der Waals surface area contributed by atoms with Gasteiger partial charge in [-0.25, -0.2) is 0 Å². The Hall–Kier alpha value is -1.92. The summed E-state index contributed by atoms with van der Waals surface area (Å²) >= 11 is 0. The van der Waals surface area contributed by atoms with Crippen LogP contribution >= 0.6 is 0 Å². The van der Waals surface area contributed by atoms with Crippen molar-refractivity contribution in [3.63, 3.8) is 0 Å². The van der Waals surface area contributed by atoms with E-state index in [0.717, 1.165) is 0 Å². The van der Waals surface area contributed by atoms with Crippen molar-refractivity contribution >= 4 is 11.6 Å². The lowest BCUT2D eigenvalue weighted by molar-refractivity contribution is -0.194. The topological polar surface area (TPSA) is 104 Å². The molecule has 1 saturated carbocycles. The predicted octanol–water partition coefficient (Wildman–Crippen LogP) is 0.427. The normalized spacial score (nSPS) is 38.5. The van der Waals surface area contributed by atoms with Gasteiger partial charge in [-0.2, -0.15) is 0 Å². The molecule has 0 saturated heterocycles. The molecule has 3 N–H and O–H groups in total. The van der Waals surface area contributed by atoms with E-state index in [4.69, 9.17) is 4.74 Å². The molecule has 0 aromatic heterocycles. The molecule has 112 valence electrons. The molecule has 2 aliphatic rings. The van der Waals surface area contributed by atoms with Crippen LogP contribution in [0.15, 0.2) is 18.2 Å². The van der Waals surface area contributed by atoms with Crippen LogP contribution in [0.5, 0.6) is 11.5 Å². The van der Waals surface area contributed by atoms with Crippen molar-refractivity contribution in [2.75, 3.05) is 0 Å². The summed E-state index contributed by atoms with van der Waals surface area (Å²) in [7, 11) is 0. The second-order valence-corrected chi connectivity index (χ2v) is 5.90. The highest BCUT2D eigenvalue weighted by Gasteiger charge is 2.69. The minimum absolute atomic E-state index is 0.0295. The Morgan fingerprint density at radius 2 is 2.00 bits per heavy atom. The van der Waals surface area contributed by atoms with Gasteiger partial charge in [0.2, 0.25) is 17.0 Å². The molecule has 1 aliphatic heterocycles. The van der Waals surface area contributed by atoms with E-state index in [9.17, 15) is 24.9 Å². The second-order valence-electron chi connectivity index (χ2n) is 5.90. The van der Waals surface area contributed by atoms with Gasteiger partial charge >= 0.3 is 0 Å². The first-order valence-corrected chi connectivity index (χ1v) is 6.74. The average Bonchev–Trinajstić information content (AvgIpc) is 2.42. The molecular formula is C15H16O6. The lowest BCUT2D eigenvalue weighted by Crippen LogP contribution is -2.75. The molecule has 1 aromatic carbocycles. The van der Waals surface area contributed by atoms with Gasteiger partial charge in [-0.05, 0) is 25.5 Å². The highest BCUT2D eigenvalue weighted by atomic mass is 16.5. The maximum absolute atomic E-state index is 12.7. The van der Waals surface area contributed by atoms with Gasteiger partial charge in [0.25, 0.3) is 0 Å². The summed E-state index contributed by atoms with van der Waals surface area (Å²) < 4.78 is 5.59. The Morgan fingerprint density at radius 3 is 2.67 bits per heavy atom. The van der Waals surface area contributed by atoms with E-state index < -0.39 is 34.8 Å². The van der Waals surface area contributed by atoms with Gasteiger partial charge in [0.15, 0.2) is 5.78 Å². The number of Topliss-reactive ketones (excluding diaryl/α,β-unsaturated/α-hetero) is 2. The number of aromatic hydroxyl groups is 1. The number of ketones is 2. The number of hydrogen-bond acceptors (Lipinski definition) is 6. The van der Waals surface area contributed by atoms with Crippen LogP contribution in [0.3, 0.4) is 0 Å². The fraction of sp³-hybridized carbons (Fsp3) is 0.467. The lowest BCUT2D eigenvalue weighted by atomic mass is 9.62. The zero-order valence-electron chi connectivity index (χ0n) is 11.7. The number of rotatable bonds is 0. The molecule has 1 heterocycles. The lowest BCUT2D eigenvalue weighted by Gasteiger charge is -2.52. The van der Waals surface area contributed by atoms with Gasteiger partial charge in [-0.15, -0.1) is 0 Å². The molecule has 0 bridgehead atoms. The Bertz CT molecular complexity index is 654. The minimum atomic E-state index is -2.40. The summed E-state index contributed by atoms with van der Waals surface area (Å²) in [5.41, 5.74) is -4.48. The van der Waals surface area contributed by atoms with Crippen LogP contribution in [-0.2, 0) is 4.79 Å². The molecule has 6 nitrogen and oxygen atoms in total. The standard InChI is InChI=1S/C15H16O6/c1-7-6-10(17)15(20)13(19)11-8(16)4-3-5-9(11)21-14(15,2)12(7)18/h3-5,7,10,16-17,20H,6H2,1-2H3. The number of aliphatic hydroxyl groups excluding tert-OH is 1. The van der Waals surface area contributed by atoms with Crippen molar-refractivity contribution in [1.82, 2.24) is 0 Å². The fourth-order valence-electron chi connectivity index (χ4n) is 3.33. The molecule has 6 heteroatoms. The number of ether oxygens (including phenoxy) is 1. The van der Waals surface area contributed by atoms with Gasteiger partial charge in [0, 0.05) is 5.92 Å². The summed E-state index contributed by atoms with van der Waals surface area (Å²) in [6.07, 6.45) is -1.49. The fourth-order valence-corrected chi connectivity index (χ4v) is 3.33. The molecule has 3 rings (SSSR count). The van der Waals surface area contributed by atoms with Gasteiger partial charge < -0.3 is 20.1 Å². The van der Waals surface area contributed by atoms with Crippen molar-refractivity contribution < 1.29 is 29.6 Å². The van der Waals surface area contributed by atoms with E-state index in [0.29, 0.717) is 0 Å². The van der Waals surface area contributed by atoms with Gasteiger partial charge in [0.1, 0.15) is 17.1 Å². The first-order valence-electron chi connectivity index (χ1n) is 6.74. The molecule has 1 aliphatic carbocycles. The van der Waals surface area contributed by atoms with E-state index in [1.165, 1.54) is 25.1 Å². The summed E-state index contributed by atoms with van der Waals surface area (Å²) in [6, 6.07) is 4.20. The third-order valence-electron chi connectivity index (χ3n) is 4.60. The Balaban J connectivity index is 2.28. The van der Waals surface area contributed by atoms with Crippen molar-refractivity contribution in [3.05, 3.63) is 23.8 Å². The van der Waals surface area contributed by atoms with Crippen LogP contribution in [0.4, 0.5) is 0 Å². The number of phenolic OH excluding ortho intramolecular Hbond substituents is 1. The molecule has 0 amide bonds. The van der Waals surface area contributed by atoms with Crippen molar-refractivity contribution in [3.8, 4) is 11.5 Å². The Kier molecular flexibility index (Phi) is 2.71. The van der Waals surface area contributed by atoms with Gasteiger partial charge in [-0.1, -0.05) is 13.0 Å². The second kappa shape index (κ2) is 4.05. The molecule has 4 unspecified atom stereocenters. The summed E-state index contributed by atoms with van der Waals surface area (Å²) in [4.78, 5) is 25.1. The zero-order valence-corrected chi connectivity index (χ0v) is 11.7. The number of hydrogen-bond donors (Lipinski definition) is 3. The van der Waals surface area contributed by atoms with Crippen LogP contribution in [0, 0.1) is 5.92 Å². The maximum Gasteiger partial charge on any atom is 0.209 e. The molecule has 1 aromatic rings. The highest BCUT2D eigenvalue weighted by molar-refractivity contribution is 6.13. The van der Waals surface area contributed by atoms with Crippen LogP contribution < -0.4 is 4.74 Å². The van der Waals surface area contributed by atoms with Crippen molar-refractivity contribution in [1.29, 1.82) is 0 Å². The zero-order chi connectivity index (χ0) is 15.6. The van der Waals surface area contributed by atoms with Crippen LogP contribution in [-0.4, -0.2) is 44.2 Å². The number of fused-ring (bicyclic) bond motifs is 2. The van der Waals surface area contributed by atoms with E-state index in [1.54, 1.807) is 6.92 Å². The summed E-state index contributed by atoms with van der Waals surface area (Å²) in [6.45, 7) is 2.92. The number of phenols is 1. The SMILES string of the molecule is CC1CC(O)C2(O)C(=O)c3c(O)cccc3OC2(C)C1=O. The minimum Gasteiger partial charge on any atom is -0.507 e. The third kappa shape index (κ3) is 1.49. The van der Waals surface area contributed by atoms with Gasteiger partial charge in [-0.3, -0.25) is 9.59 Å². The molecule has 4 atom stereocenters. The number of aliphatic hydroxyl groups is 2. The van der Waals surface area contributed by atoms with E-state index in [-0.39, 0.29) is 23.5 Å². The first kappa shape index (κ1) is 14.0. The summed E-state index contributed by atoms with van der Waals surface area (Å²) in [5.74, 6) is -2.21. The monoisotopic (exact) mass is 292 g/mol. The number of carbonyl (C=O) groups excluding carboxylic acids is 2. The van der Waals surface area contributed by atoms with Crippen molar-refractivity contribution in [2.45, 2.75) is 37.6 Å². The molecular weight excluding hydrogens is 276 g/mol. The van der Waals surface area contributed by atoms with Crippen LogP contribution in [0.2, 0.25) is 0 Å². The van der Waals surface area contributed by atoms with Crippen LogP contribution in [0.25, 0.3) is 0 Å². The van der Waals surface area contributed by atoms with E-state index in [2.05, 4.69) is 0 Å². The number of carbonyl (C=O) groups is 2. The third-order valence-corrected chi connectivity index (χ3v) is 4.60. The average molecular weight is 292 g/mol. The first-order chi connectivity index (χ1) is 9.73. The van der Waals surface area contributed by atoms with E-state index >= 15 is 0 Å². The summed E-state index contributed by atoms with van der Waals surface area (Å²) in [5, 5.41) is 30.9. The molecule has 21 heavy (non-hydrogen) atoms. The Labute approximate surface area is 121 Å². The van der Waals surface area contributed by atoms with Crippen molar-refractivity contribution in [2.24, 2.45) is 5.92 Å². The quantitative estimate of drug-likeness (QED) is 0.640.